The van der Waals surface area contributed by atoms with Crippen molar-refractivity contribution < 1.29 is 19.4 Å². The molecule has 0 spiro atoms. The van der Waals surface area contributed by atoms with Gasteiger partial charge in [-0.15, -0.1) is 0 Å². The normalized spacial score (nSPS) is 16.9. The lowest BCUT2D eigenvalue weighted by Crippen LogP contribution is -2.44. The molecule has 1 aliphatic rings. The number of halogens is 2. The highest BCUT2D eigenvalue weighted by Gasteiger charge is 2.45. The van der Waals surface area contributed by atoms with Crippen LogP contribution in [0.15, 0.2) is 97.1 Å². The van der Waals surface area contributed by atoms with Crippen LogP contribution in [-0.4, -0.2) is 21.9 Å². The van der Waals surface area contributed by atoms with E-state index in [0.717, 1.165) is 11.3 Å². The number of aliphatic carboxylic acids is 1. The van der Waals surface area contributed by atoms with Crippen LogP contribution in [0.4, 0.5) is 0 Å². The van der Waals surface area contributed by atoms with Crippen LogP contribution in [0.2, 0.25) is 10.0 Å². The number of carbonyl (C=O) groups excluding carboxylic acids is 1. The number of carbonyl (C=O) groups is 2. The van der Waals surface area contributed by atoms with Crippen molar-refractivity contribution in [2.45, 2.75) is 18.5 Å². The third kappa shape index (κ3) is 4.68. The molecule has 36 heavy (non-hydrogen) atoms. The van der Waals surface area contributed by atoms with Crippen molar-refractivity contribution in [1.29, 1.82) is 0 Å². The Morgan fingerprint density at radius 1 is 0.833 bits per heavy atom. The van der Waals surface area contributed by atoms with Gasteiger partial charge in [-0.3, -0.25) is 9.59 Å². The first kappa shape index (κ1) is 23.9. The Morgan fingerprint density at radius 3 is 2.19 bits per heavy atom. The number of para-hydroxylation sites is 1. The Morgan fingerprint density at radius 2 is 1.50 bits per heavy atom. The minimum atomic E-state index is -1.04. The first-order valence-corrected chi connectivity index (χ1v) is 12.1. The zero-order valence-electron chi connectivity index (χ0n) is 19.0. The Bertz CT molecular complexity index is 1420. The molecular formula is C29H21Cl2NO4. The zero-order valence-corrected chi connectivity index (χ0v) is 20.5. The highest BCUT2D eigenvalue weighted by atomic mass is 35.5. The van der Waals surface area contributed by atoms with Crippen LogP contribution in [0.1, 0.15) is 39.0 Å². The summed E-state index contributed by atoms with van der Waals surface area (Å²) in [5, 5.41) is 11.0. The summed E-state index contributed by atoms with van der Waals surface area (Å²) < 4.78 is 5.87. The molecule has 4 aromatic rings. The van der Waals surface area contributed by atoms with Crippen molar-refractivity contribution in [1.82, 2.24) is 4.90 Å². The fraction of sp³-hybridized carbons (Fsp3) is 0.103. The average molecular weight is 518 g/mol. The van der Waals surface area contributed by atoms with Crippen LogP contribution in [0.25, 0.3) is 0 Å². The second kappa shape index (κ2) is 10.1. The van der Waals surface area contributed by atoms with Gasteiger partial charge in [-0.2, -0.15) is 0 Å². The van der Waals surface area contributed by atoms with Crippen LogP contribution in [0, 0.1) is 0 Å². The Kier molecular flexibility index (Phi) is 6.68. The number of hydrogen-bond donors (Lipinski definition) is 1. The standard InChI is InChI=1S/C29H21Cl2NO4/c30-19-12-15-24(25(31)16-19)27-26(29(34)35)22-8-4-5-9-23(22)28(33)32(27)17-18-10-13-21(14-11-18)36-20-6-2-1-3-7-20/h1-16,26-27H,17H2,(H,34,35). The molecule has 1 amide bonds. The van der Waals surface area contributed by atoms with E-state index in [-0.39, 0.29) is 12.5 Å². The molecular weight excluding hydrogens is 497 g/mol. The predicted molar refractivity (Wildman–Crippen MR) is 139 cm³/mol. The maximum absolute atomic E-state index is 13.7. The first-order chi connectivity index (χ1) is 17.4. The van der Waals surface area contributed by atoms with Crippen molar-refractivity contribution in [3.05, 3.63) is 129 Å². The number of benzene rings is 4. The third-order valence-electron chi connectivity index (χ3n) is 6.24. The van der Waals surface area contributed by atoms with Gasteiger partial charge in [0.1, 0.15) is 17.4 Å². The lowest BCUT2D eigenvalue weighted by atomic mass is 9.79. The quantitative estimate of drug-likeness (QED) is 0.290. The molecule has 180 valence electrons. The monoisotopic (exact) mass is 517 g/mol. The molecule has 0 aliphatic carbocycles. The van der Waals surface area contributed by atoms with Crippen LogP contribution >= 0.6 is 23.2 Å². The van der Waals surface area contributed by atoms with Gasteiger partial charge in [0.15, 0.2) is 0 Å². The predicted octanol–water partition coefficient (Wildman–Crippen LogP) is 7.35. The molecule has 0 saturated carbocycles. The Labute approximate surface area is 218 Å². The van der Waals surface area contributed by atoms with E-state index in [1.54, 1.807) is 47.4 Å². The van der Waals surface area contributed by atoms with Crippen molar-refractivity contribution in [3.63, 3.8) is 0 Å². The van der Waals surface area contributed by atoms with Gasteiger partial charge in [0.05, 0.1) is 6.04 Å². The number of carboxylic acids is 1. The topological polar surface area (TPSA) is 66.8 Å². The van der Waals surface area contributed by atoms with Crippen molar-refractivity contribution in [3.8, 4) is 11.5 Å². The van der Waals surface area contributed by atoms with Gasteiger partial charge in [-0.1, -0.05) is 77.8 Å². The number of carboxylic acid groups (broad SMARTS) is 1. The molecule has 7 heteroatoms. The van der Waals surface area contributed by atoms with Gasteiger partial charge < -0.3 is 14.7 Å². The molecule has 0 bridgehead atoms. The minimum Gasteiger partial charge on any atom is -0.481 e. The van der Waals surface area contributed by atoms with Gasteiger partial charge >= 0.3 is 5.97 Å². The summed E-state index contributed by atoms with van der Waals surface area (Å²) in [6.07, 6.45) is 0. The zero-order chi connectivity index (χ0) is 25.2. The van der Waals surface area contributed by atoms with Crippen LogP contribution in [-0.2, 0) is 11.3 Å². The molecule has 0 fully saturated rings. The molecule has 1 N–H and O–H groups in total. The van der Waals surface area contributed by atoms with Crippen LogP contribution < -0.4 is 4.74 Å². The molecule has 0 aromatic heterocycles. The van der Waals surface area contributed by atoms with Gasteiger partial charge in [-0.05, 0) is 59.2 Å². The van der Waals surface area contributed by atoms with E-state index in [0.29, 0.717) is 32.5 Å². The number of nitrogens with zero attached hydrogens (tertiary/aromatic N) is 1. The van der Waals surface area contributed by atoms with Gasteiger partial charge in [0, 0.05) is 22.2 Å². The maximum atomic E-state index is 13.7. The molecule has 4 aromatic carbocycles. The lowest BCUT2D eigenvalue weighted by Gasteiger charge is -2.41. The molecule has 1 heterocycles. The number of rotatable bonds is 6. The molecule has 1 aliphatic heterocycles. The van der Waals surface area contributed by atoms with Crippen molar-refractivity contribution in [2.24, 2.45) is 0 Å². The summed E-state index contributed by atoms with van der Waals surface area (Å²) in [4.78, 5) is 27.8. The van der Waals surface area contributed by atoms with Crippen LogP contribution in [0.5, 0.6) is 11.5 Å². The molecule has 5 rings (SSSR count). The van der Waals surface area contributed by atoms with Gasteiger partial charge in [0.25, 0.3) is 5.91 Å². The molecule has 2 atom stereocenters. The number of hydrogen-bond acceptors (Lipinski definition) is 3. The highest BCUT2D eigenvalue weighted by molar-refractivity contribution is 6.35. The second-order valence-electron chi connectivity index (χ2n) is 8.51. The summed E-state index contributed by atoms with van der Waals surface area (Å²) in [7, 11) is 0. The van der Waals surface area contributed by atoms with Crippen molar-refractivity contribution in [2.75, 3.05) is 0 Å². The molecule has 0 saturated heterocycles. The maximum Gasteiger partial charge on any atom is 0.313 e. The smallest absolute Gasteiger partial charge is 0.313 e. The number of amides is 1. The van der Waals surface area contributed by atoms with E-state index >= 15 is 0 Å². The largest absolute Gasteiger partial charge is 0.481 e. The Balaban J connectivity index is 1.53. The van der Waals surface area contributed by atoms with E-state index in [4.69, 9.17) is 27.9 Å². The summed E-state index contributed by atoms with van der Waals surface area (Å²) in [6, 6.07) is 27.7. The van der Waals surface area contributed by atoms with E-state index in [2.05, 4.69) is 0 Å². The van der Waals surface area contributed by atoms with E-state index in [9.17, 15) is 14.7 Å². The Hall–Kier alpha value is -3.80. The molecule has 2 unspecified atom stereocenters. The summed E-state index contributed by atoms with van der Waals surface area (Å²) in [5.41, 5.74) is 2.19. The van der Waals surface area contributed by atoms with E-state index in [1.165, 1.54) is 0 Å². The summed E-state index contributed by atoms with van der Waals surface area (Å²) in [6.45, 7) is 0.187. The lowest BCUT2D eigenvalue weighted by molar-refractivity contribution is -0.140. The van der Waals surface area contributed by atoms with Crippen LogP contribution in [0.3, 0.4) is 0 Å². The summed E-state index contributed by atoms with van der Waals surface area (Å²) >= 11 is 12.7. The highest BCUT2D eigenvalue weighted by Crippen LogP contribution is 2.46. The van der Waals surface area contributed by atoms with Gasteiger partial charge in [-0.25, -0.2) is 0 Å². The van der Waals surface area contributed by atoms with E-state index in [1.807, 2.05) is 54.6 Å². The third-order valence-corrected chi connectivity index (χ3v) is 6.80. The second-order valence-corrected chi connectivity index (χ2v) is 9.35. The number of ether oxygens (including phenoxy) is 1. The minimum absolute atomic E-state index is 0.187. The van der Waals surface area contributed by atoms with Crippen molar-refractivity contribution >= 4 is 35.1 Å². The summed E-state index contributed by atoms with van der Waals surface area (Å²) in [5.74, 6) is -0.930. The first-order valence-electron chi connectivity index (χ1n) is 11.3. The fourth-order valence-electron chi connectivity index (χ4n) is 4.61. The molecule has 0 radical (unpaired) electrons. The SMILES string of the molecule is O=C(O)C1c2ccccc2C(=O)N(Cc2ccc(Oc3ccccc3)cc2)C1c1ccc(Cl)cc1Cl. The fourth-order valence-corrected chi connectivity index (χ4v) is 5.13. The number of fused-ring (bicyclic) bond motifs is 1. The molecule has 5 nitrogen and oxygen atoms in total. The van der Waals surface area contributed by atoms with E-state index < -0.39 is 17.9 Å². The average Bonchev–Trinajstić information content (AvgIpc) is 2.87. The van der Waals surface area contributed by atoms with Gasteiger partial charge in [0.2, 0.25) is 0 Å².